The van der Waals surface area contributed by atoms with Gasteiger partial charge < -0.3 is 15.2 Å². The number of hydrogen-bond acceptors (Lipinski definition) is 3. The lowest BCUT2D eigenvalue weighted by Crippen LogP contribution is -2.43. The van der Waals surface area contributed by atoms with Crippen molar-refractivity contribution in [2.75, 3.05) is 24.5 Å². The number of imidazole rings is 1. The molecule has 4 rings (SSSR count). The zero-order valence-electron chi connectivity index (χ0n) is 11.8. The maximum atomic E-state index is 4.75. The molecule has 4 heteroatoms. The molecule has 0 bridgehead atoms. The van der Waals surface area contributed by atoms with Gasteiger partial charge in [-0.15, -0.1) is 0 Å². The number of aromatic amines is 1. The van der Waals surface area contributed by atoms with Crippen molar-refractivity contribution in [1.82, 2.24) is 15.3 Å². The number of aromatic nitrogens is 2. The van der Waals surface area contributed by atoms with Crippen LogP contribution in [0.25, 0.3) is 11.0 Å². The molecular weight excluding hydrogens is 248 g/mol. The molecule has 0 saturated carbocycles. The second kappa shape index (κ2) is 5.09. The van der Waals surface area contributed by atoms with Crippen LogP contribution >= 0.6 is 0 Å². The van der Waals surface area contributed by atoms with Crippen LogP contribution in [0.1, 0.15) is 25.7 Å². The number of hydrogen-bond donors (Lipinski definition) is 2. The average Bonchev–Trinajstić information content (AvgIpc) is 3.16. The summed E-state index contributed by atoms with van der Waals surface area (Å²) in [5.41, 5.74) is 2.22. The van der Waals surface area contributed by atoms with Crippen LogP contribution in [0.5, 0.6) is 0 Å². The van der Waals surface area contributed by atoms with Crippen molar-refractivity contribution >= 4 is 17.0 Å². The number of rotatable bonds is 2. The van der Waals surface area contributed by atoms with Crippen molar-refractivity contribution < 1.29 is 0 Å². The molecule has 20 heavy (non-hydrogen) atoms. The SMILES string of the molecule is c1ccc2[nH]c(N3CCCC(C4CCCN4)C3)nc2c1. The number of H-pyrrole nitrogens is 1. The molecule has 2 aliphatic heterocycles. The van der Waals surface area contributed by atoms with E-state index in [0.29, 0.717) is 0 Å². The van der Waals surface area contributed by atoms with Gasteiger partial charge in [-0.2, -0.15) is 0 Å². The van der Waals surface area contributed by atoms with Crippen LogP contribution in [-0.2, 0) is 0 Å². The Morgan fingerprint density at radius 3 is 2.95 bits per heavy atom. The van der Waals surface area contributed by atoms with Gasteiger partial charge in [0.2, 0.25) is 5.95 Å². The molecule has 0 radical (unpaired) electrons. The van der Waals surface area contributed by atoms with Gasteiger partial charge in [0, 0.05) is 19.1 Å². The second-order valence-electron chi connectivity index (χ2n) is 6.13. The van der Waals surface area contributed by atoms with Crippen molar-refractivity contribution in [3.63, 3.8) is 0 Å². The van der Waals surface area contributed by atoms with Crippen molar-refractivity contribution in [2.24, 2.45) is 5.92 Å². The molecule has 2 atom stereocenters. The van der Waals surface area contributed by atoms with Gasteiger partial charge in [0.05, 0.1) is 11.0 Å². The molecule has 0 spiro atoms. The van der Waals surface area contributed by atoms with E-state index in [-0.39, 0.29) is 0 Å². The average molecular weight is 270 g/mol. The van der Waals surface area contributed by atoms with Gasteiger partial charge >= 0.3 is 0 Å². The number of para-hydroxylation sites is 2. The summed E-state index contributed by atoms with van der Waals surface area (Å²) in [7, 11) is 0. The Morgan fingerprint density at radius 2 is 2.10 bits per heavy atom. The fraction of sp³-hybridized carbons (Fsp3) is 0.562. The third kappa shape index (κ3) is 2.18. The summed E-state index contributed by atoms with van der Waals surface area (Å²) in [5.74, 6) is 1.83. The third-order valence-corrected chi connectivity index (χ3v) is 4.80. The van der Waals surface area contributed by atoms with E-state index in [0.717, 1.165) is 42.0 Å². The number of piperidine rings is 1. The van der Waals surface area contributed by atoms with Crippen LogP contribution in [0.3, 0.4) is 0 Å². The van der Waals surface area contributed by atoms with E-state index >= 15 is 0 Å². The largest absolute Gasteiger partial charge is 0.342 e. The van der Waals surface area contributed by atoms with Crippen molar-refractivity contribution in [1.29, 1.82) is 0 Å². The molecule has 0 aliphatic carbocycles. The predicted molar refractivity (Wildman–Crippen MR) is 82.1 cm³/mol. The number of benzene rings is 1. The third-order valence-electron chi connectivity index (χ3n) is 4.80. The summed E-state index contributed by atoms with van der Waals surface area (Å²) in [4.78, 5) is 10.7. The zero-order valence-corrected chi connectivity index (χ0v) is 11.8. The van der Waals surface area contributed by atoms with Crippen LogP contribution in [0.4, 0.5) is 5.95 Å². The summed E-state index contributed by atoms with van der Waals surface area (Å²) in [6.45, 7) is 3.46. The first-order chi connectivity index (χ1) is 9.90. The normalized spacial score (nSPS) is 27.3. The minimum Gasteiger partial charge on any atom is -0.342 e. The van der Waals surface area contributed by atoms with Crippen molar-refractivity contribution in [3.05, 3.63) is 24.3 Å². The summed E-state index contributed by atoms with van der Waals surface area (Å²) in [5, 5.41) is 3.67. The van der Waals surface area contributed by atoms with Gasteiger partial charge in [0.25, 0.3) is 0 Å². The van der Waals surface area contributed by atoms with Crippen LogP contribution in [0.15, 0.2) is 24.3 Å². The molecule has 2 N–H and O–H groups in total. The van der Waals surface area contributed by atoms with E-state index in [1.165, 1.54) is 32.2 Å². The monoisotopic (exact) mass is 270 g/mol. The fourth-order valence-electron chi connectivity index (χ4n) is 3.73. The van der Waals surface area contributed by atoms with E-state index in [1.54, 1.807) is 0 Å². The van der Waals surface area contributed by atoms with Gasteiger partial charge in [0.1, 0.15) is 0 Å². The van der Waals surface area contributed by atoms with Crippen LogP contribution in [0, 0.1) is 5.92 Å². The van der Waals surface area contributed by atoms with E-state index in [1.807, 2.05) is 0 Å². The molecule has 0 amide bonds. The molecule has 2 aliphatic rings. The summed E-state index contributed by atoms with van der Waals surface area (Å²) < 4.78 is 0. The molecule has 4 nitrogen and oxygen atoms in total. The Hall–Kier alpha value is -1.55. The van der Waals surface area contributed by atoms with Crippen LogP contribution in [-0.4, -0.2) is 35.6 Å². The molecule has 1 aromatic carbocycles. The van der Waals surface area contributed by atoms with Crippen molar-refractivity contribution in [3.8, 4) is 0 Å². The lowest BCUT2D eigenvalue weighted by molar-refractivity contribution is 0.327. The standard InChI is InChI=1S/C16H22N4/c1-2-7-15-14(6-1)18-16(19-15)20-10-4-5-12(11-20)13-8-3-9-17-13/h1-2,6-7,12-13,17H,3-5,8-11H2,(H,18,19). The number of nitrogens with one attached hydrogen (secondary N) is 2. The summed E-state index contributed by atoms with van der Waals surface area (Å²) in [6.07, 6.45) is 5.32. The first kappa shape index (κ1) is 12.2. The molecule has 106 valence electrons. The van der Waals surface area contributed by atoms with E-state index in [4.69, 9.17) is 4.98 Å². The second-order valence-corrected chi connectivity index (χ2v) is 6.13. The minimum atomic E-state index is 0.724. The van der Waals surface area contributed by atoms with Gasteiger partial charge in [-0.05, 0) is 50.3 Å². The highest BCUT2D eigenvalue weighted by atomic mass is 15.3. The topological polar surface area (TPSA) is 44.0 Å². The summed E-state index contributed by atoms with van der Waals surface area (Å²) >= 11 is 0. The Labute approximate surface area is 119 Å². The zero-order chi connectivity index (χ0) is 13.4. The van der Waals surface area contributed by atoms with Gasteiger partial charge in [-0.25, -0.2) is 4.98 Å². The molecule has 2 fully saturated rings. The van der Waals surface area contributed by atoms with Crippen LogP contribution in [0.2, 0.25) is 0 Å². The quantitative estimate of drug-likeness (QED) is 0.881. The predicted octanol–water partition coefficient (Wildman–Crippen LogP) is 2.53. The maximum Gasteiger partial charge on any atom is 0.203 e. The lowest BCUT2D eigenvalue weighted by atomic mass is 9.90. The smallest absolute Gasteiger partial charge is 0.203 e. The first-order valence-electron chi connectivity index (χ1n) is 7.83. The Bertz CT molecular complexity index is 552. The molecular formula is C16H22N4. The molecule has 2 aromatic rings. The molecule has 2 saturated heterocycles. The molecule has 2 unspecified atom stereocenters. The number of fused-ring (bicyclic) bond motifs is 1. The highest BCUT2D eigenvalue weighted by Crippen LogP contribution is 2.27. The Kier molecular flexibility index (Phi) is 3.11. The molecule has 1 aromatic heterocycles. The highest BCUT2D eigenvalue weighted by Gasteiger charge is 2.29. The van der Waals surface area contributed by atoms with Gasteiger partial charge in [-0.3, -0.25) is 0 Å². The van der Waals surface area contributed by atoms with E-state index in [9.17, 15) is 0 Å². The van der Waals surface area contributed by atoms with Gasteiger partial charge in [-0.1, -0.05) is 12.1 Å². The number of anilines is 1. The minimum absolute atomic E-state index is 0.724. The van der Waals surface area contributed by atoms with Gasteiger partial charge in [0.15, 0.2) is 0 Å². The van der Waals surface area contributed by atoms with Crippen molar-refractivity contribution in [2.45, 2.75) is 31.7 Å². The summed E-state index contributed by atoms with van der Waals surface area (Å²) in [6, 6.07) is 9.02. The lowest BCUT2D eigenvalue weighted by Gasteiger charge is -2.35. The molecule has 3 heterocycles. The first-order valence-corrected chi connectivity index (χ1v) is 7.83. The Morgan fingerprint density at radius 1 is 1.15 bits per heavy atom. The highest BCUT2D eigenvalue weighted by molar-refractivity contribution is 5.77. The Balaban J connectivity index is 1.54. The van der Waals surface area contributed by atoms with Crippen LogP contribution < -0.4 is 10.2 Å². The van der Waals surface area contributed by atoms with E-state index in [2.05, 4.69) is 39.5 Å². The fourth-order valence-corrected chi connectivity index (χ4v) is 3.73. The maximum absolute atomic E-state index is 4.75. The van der Waals surface area contributed by atoms with E-state index < -0.39 is 0 Å². The number of nitrogens with zero attached hydrogens (tertiary/aromatic N) is 2.